The van der Waals surface area contributed by atoms with Gasteiger partial charge in [-0.15, -0.1) is 5.11 Å². The maximum absolute atomic E-state index is 12.6. The van der Waals surface area contributed by atoms with Gasteiger partial charge in [-0.2, -0.15) is 13.5 Å². The minimum atomic E-state index is -4.64. The fourth-order valence-corrected chi connectivity index (χ4v) is 3.84. The number of fused-ring (bicyclic) bond motifs is 2. The first kappa shape index (κ1) is 23.1. The van der Waals surface area contributed by atoms with E-state index in [9.17, 15) is 28.0 Å². The second kappa shape index (κ2) is 8.89. The van der Waals surface area contributed by atoms with E-state index in [2.05, 4.69) is 10.2 Å². The summed E-state index contributed by atoms with van der Waals surface area (Å²) in [6, 6.07) is 17.0. The zero-order chi connectivity index (χ0) is 21.5. The summed E-state index contributed by atoms with van der Waals surface area (Å²) in [5.41, 5.74) is -1.03. The number of carbonyl (C=O) groups excluding carboxylic acids is 1. The van der Waals surface area contributed by atoms with Gasteiger partial charge in [0.1, 0.15) is 10.6 Å². The van der Waals surface area contributed by atoms with E-state index < -0.39 is 32.3 Å². The Labute approximate surface area is 206 Å². The molecule has 0 saturated heterocycles. The molecule has 0 aliphatic heterocycles. The molecule has 0 aliphatic carbocycles. The molecule has 10 heteroatoms. The smallest absolute Gasteiger partial charge is 0.871 e. The first-order valence-corrected chi connectivity index (χ1v) is 10.1. The average Bonchev–Trinajstić information content (AvgIpc) is 2.71. The van der Waals surface area contributed by atoms with Gasteiger partial charge in [0.2, 0.25) is 0 Å². The van der Waals surface area contributed by atoms with Crippen molar-refractivity contribution in [3.8, 4) is 5.75 Å². The summed E-state index contributed by atoms with van der Waals surface area (Å²) in [5, 5.41) is 33.7. The molecule has 0 spiro atoms. The zero-order valence-electron chi connectivity index (χ0n) is 15.8. The van der Waals surface area contributed by atoms with E-state index >= 15 is 0 Å². The molecule has 4 aromatic carbocycles. The van der Waals surface area contributed by atoms with Gasteiger partial charge < -0.3 is 15.0 Å². The van der Waals surface area contributed by atoms with Crippen LogP contribution in [0.4, 0.5) is 11.4 Å². The number of carboxylic acid groups (broad SMARTS) is 1. The van der Waals surface area contributed by atoms with E-state index in [4.69, 9.17) is 0 Å². The van der Waals surface area contributed by atoms with Crippen molar-refractivity contribution in [1.82, 2.24) is 0 Å². The summed E-state index contributed by atoms with van der Waals surface area (Å²) in [5.74, 6) is -2.57. The van der Waals surface area contributed by atoms with Crippen molar-refractivity contribution in [1.29, 1.82) is 0 Å². The third-order valence-corrected chi connectivity index (χ3v) is 5.47. The number of aromatic carboxylic acids is 1. The molecule has 0 heterocycles. The number of azo groups is 1. The molecule has 4 rings (SSSR count). The van der Waals surface area contributed by atoms with Crippen LogP contribution in [0.15, 0.2) is 81.9 Å². The Balaban J connectivity index is 0.00000272. The quantitative estimate of drug-likeness (QED) is 0.282. The van der Waals surface area contributed by atoms with Crippen molar-refractivity contribution in [3.63, 3.8) is 0 Å². The number of carboxylic acids is 1. The Morgan fingerprint density at radius 2 is 1.39 bits per heavy atom. The molecule has 0 bridgehead atoms. The summed E-state index contributed by atoms with van der Waals surface area (Å²) in [4.78, 5) is 10.9. The van der Waals surface area contributed by atoms with E-state index in [-0.39, 0.29) is 49.1 Å². The van der Waals surface area contributed by atoms with Gasteiger partial charge in [-0.05, 0) is 28.5 Å². The van der Waals surface area contributed by atoms with Crippen molar-refractivity contribution in [2.24, 2.45) is 10.2 Å². The average molecular weight is 460 g/mol. The van der Waals surface area contributed by atoms with Crippen molar-refractivity contribution >= 4 is 86.7 Å². The van der Waals surface area contributed by atoms with Crippen LogP contribution < -0.4 is 10.2 Å². The molecule has 0 saturated carbocycles. The van der Waals surface area contributed by atoms with E-state index in [1.165, 1.54) is 18.2 Å². The van der Waals surface area contributed by atoms with Gasteiger partial charge in [0, 0.05) is 10.8 Å². The Hall–Kier alpha value is -2.56. The molecule has 0 aliphatic rings. The van der Waals surface area contributed by atoms with E-state index in [0.29, 0.717) is 21.5 Å². The summed E-state index contributed by atoms with van der Waals surface area (Å²) in [6.45, 7) is 0. The molecular formula is C21H12CaN2O6S. The number of hydrogen-bond acceptors (Lipinski definition) is 7. The number of rotatable bonds is 4. The van der Waals surface area contributed by atoms with Crippen LogP contribution in [0.5, 0.6) is 5.75 Å². The number of benzene rings is 4. The molecule has 31 heavy (non-hydrogen) atoms. The molecule has 0 radical (unpaired) electrons. The van der Waals surface area contributed by atoms with Gasteiger partial charge in [0.25, 0.3) is 10.1 Å². The van der Waals surface area contributed by atoms with Gasteiger partial charge >= 0.3 is 37.7 Å². The molecule has 0 fully saturated rings. The molecule has 4 aromatic rings. The van der Waals surface area contributed by atoms with Crippen LogP contribution in [-0.2, 0) is 10.1 Å². The van der Waals surface area contributed by atoms with Crippen molar-refractivity contribution < 1.29 is 28.0 Å². The fourth-order valence-electron chi connectivity index (χ4n) is 3.21. The molecule has 150 valence electrons. The molecule has 1 N–H and O–H groups in total. The molecule has 0 unspecified atom stereocenters. The first-order chi connectivity index (χ1) is 14.3. The topological polar surface area (TPSA) is 142 Å². The van der Waals surface area contributed by atoms with E-state index in [0.717, 1.165) is 0 Å². The monoisotopic (exact) mass is 460 g/mol. The minimum Gasteiger partial charge on any atom is -0.871 e. The molecule has 0 atom stereocenters. The van der Waals surface area contributed by atoms with E-state index in [1.54, 1.807) is 48.5 Å². The summed E-state index contributed by atoms with van der Waals surface area (Å²) in [7, 11) is -4.64. The fraction of sp³-hybridized carbons (Fsp3) is 0. The van der Waals surface area contributed by atoms with E-state index in [1.807, 2.05) is 0 Å². The number of nitrogens with zero attached hydrogens (tertiary/aromatic N) is 2. The Kier molecular flexibility index (Phi) is 6.63. The van der Waals surface area contributed by atoms with Crippen molar-refractivity contribution in [3.05, 3.63) is 72.3 Å². The summed E-state index contributed by atoms with van der Waals surface area (Å²) in [6.07, 6.45) is 0. The van der Waals surface area contributed by atoms with Crippen LogP contribution in [0.25, 0.3) is 21.5 Å². The maximum atomic E-state index is 12.6. The second-order valence-electron chi connectivity index (χ2n) is 6.42. The normalized spacial score (nSPS) is 11.6. The van der Waals surface area contributed by atoms with Crippen LogP contribution in [0, 0.1) is 0 Å². The summed E-state index contributed by atoms with van der Waals surface area (Å²) >= 11 is 0. The third-order valence-electron chi connectivity index (χ3n) is 4.59. The van der Waals surface area contributed by atoms with Gasteiger partial charge in [0.15, 0.2) is 0 Å². The second-order valence-corrected chi connectivity index (χ2v) is 7.81. The maximum Gasteiger partial charge on any atom is 2.00 e. The first-order valence-electron chi connectivity index (χ1n) is 8.62. The minimum absolute atomic E-state index is 0. The molecule has 0 aromatic heterocycles. The van der Waals surface area contributed by atoms with Crippen molar-refractivity contribution in [2.45, 2.75) is 4.90 Å². The third kappa shape index (κ3) is 4.41. The molecular weight excluding hydrogens is 448 g/mol. The van der Waals surface area contributed by atoms with Crippen LogP contribution in [0.2, 0.25) is 0 Å². The van der Waals surface area contributed by atoms with Crippen LogP contribution in [0.3, 0.4) is 0 Å². The standard InChI is InChI=1S/C21H14N2O6S.Ca/c24-20-16(21(25)26)11-13-6-2-4-8-15(13)19(20)23-22-18-14-7-3-1-5-12(14)9-10-17(18)30(27,28)29;/h1-11,24H,(H,25,26)(H,27,28,29);/q;+2/p-2. The molecule has 0 amide bonds. The van der Waals surface area contributed by atoms with Crippen molar-refractivity contribution in [2.75, 3.05) is 0 Å². The molecule has 8 nitrogen and oxygen atoms in total. The largest absolute Gasteiger partial charge is 2.00 e. The van der Waals surface area contributed by atoms with Gasteiger partial charge in [-0.1, -0.05) is 60.3 Å². The number of hydrogen-bond donors (Lipinski definition) is 1. The van der Waals surface area contributed by atoms with Gasteiger partial charge in [-0.25, -0.2) is 0 Å². The Morgan fingerprint density at radius 3 is 2.00 bits per heavy atom. The number of carbonyl (C=O) groups is 1. The van der Waals surface area contributed by atoms with Crippen LogP contribution >= 0.6 is 0 Å². The summed E-state index contributed by atoms with van der Waals surface area (Å²) < 4.78 is 33.3. The van der Waals surface area contributed by atoms with Crippen LogP contribution in [-0.4, -0.2) is 56.7 Å². The Bertz CT molecular complexity index is 1470. The van der Waals surface area contributed by atoms with Gasteiger partial charge in [0.05, 0.1) is 11.7 Å². The predicted octanol–water partition coefficient (Wildman–Crippen LogP) is 2.71. The zero-order valence-corrected chi connectivity index (χ0v) is 18.9. The van der Waals surface area contributed by atoms with Crippen LogP contribution in [0.1, 0.15) is 10.4 Å². The van der Waals surface area contributed by atoms with Gasteiger partial charge in [-0.3, -0.25) is 4.55 Å². The SMILES string of the molecule is O=C([O-])c1cc2ccccc2c(N=Nc2c(S(=O)(=O)O)ccc3ccccc23)c1[O-].[Ca+2]. The predicted molar refractivity (Wildman–Crippen MR) is 111 cm³/mol. The Morgan fingerprint density at radius 1 is 0.839 bits per heavy atom.